The maximum absolute atomic E-state index is 11.8. The molecule has 0 spiro atoms. The first-order chi connectivity index (χ1) is 19.7. The normalized spacial score (nSPS) is 13.6. The van der Waals surface area contributed by atoms with E-state index in [9.17, 15) is 5.11 Å². The molecule has 3 unspecified atom stereocenters. The molecule has 210 valence electrons. The largest absolute Gasteiger partial charge is 0.508 e. The summed E-state index contributed by atoms with van der Waals surface area (Å²) in [7, 11) is 0. The summed E-state index contributed by atoms with van der Waals surface area (Å²) >= 11 is 0. The van der Waals surface area contributed by atoms with E-state index in [1.54, 1.807) is 0 Å². The molecular weight excluding hydrogens is 484 g/mol. The Kier molecular flexibility index (Phi) is 11.5. The highest BCUT2D eigenvalue weighted by Gasteiger charge is 2.31. The summed E-state index contributed by atoms with van der Waals surface area (Å²) in [6.07, 6.45) is 10.2. The minimum absolute atomic E-state index is 0.159. The number of phenolic OH excluding ortho intramolecular Hbond substituents is 1. The maximum atomic E-state index is 11.8. The fourth-order valence-corrected chi connectivity index (χ4v) is 6.44. The molecule has 0 radical (unpaired) electrons. The van der Waals surface area contributed by atoms with Crippen molar-refractivity contribution >= 4 is 0 Å². The Bertz CT molecular complexity index is 1260. The molecule has 3 atom stereocenters. The monoisotopic (exact) mass is 532 g/mol. The molecule has 0 aliphatic carbocycles. The van der Waals surface area contributed by atoms with Crippen LogP contribution in [0.15, 0.2) is 103 Å². The van der Waals surface area contributed by atoms with Crippen LogP contribution in [-0.4, -0.2) is 5.11 Å². The highest BCUT2D eigenvalue weighted by atomic mass is 16.3. The van der Waals surface area contributed by atoms with Gasteiger partial charge >= 0.3 is 0 Å². The predicted molar refractivity (Wildman–Crippen MR) is 172 cm³/mol. The number of aromatic hydroxyl groups is 1. The Hall–Kier alpha value is -3.32. The standard InChI is InChI=1S/C39H48O/c1-4-7-25-33(30-19-13-10-14-20-30)36-28-29-37(40)39(35(27-9-6-3)32-23-17-12-18-24-32)38(36)34(26-8-5-2)31-21-15-11-16-22-31/h10-24,28-29,33-35,40H,4-9,25-27H2,1-3H3. The lowest BCUT2D eigenvalue weighted by atomic mass is 9.72. The van der Waals surface area contributed by atoms with Gasteiger partial charge in [0.2, 0.25) is 0 Å². The van der Waals surface area contributed by atoms with E-state index < -0.39 is 0 Å². The molecule has 1 heteroatoms. The molecule has 40 heavy (non-hydrogen) atoms. The van der Waals surface area contributed by atoms with Crippen LogP contribution in [0.3, 0.4) is 0 Å². The van der Waals surface area contributed by atoms with E-state index >= 15 is 0 Å². The Morgan fingerprint density at radius 3 is 1.25 bits per heavy atom. The van der Waals surface area contributed by atoms with Crippen molar-refractivity contribution in [3.63, 3.8) is 0 Å². The average Bonchev–Trinajstić information content (AvgIpc) is 3.01. The van der Waals surface area contributed by atoms with E-state index in [1.807, 2.05) is 6.07 Å². The summed E-state index contributed by atoms with van der Waals surface area (Å²) < 4.78 is 0. The smallest absolute Gasteiger partial charge is 0.119 e. The van der Waals surface area contributed by atoms with Crippen LogP contribution in [0.4, 0.5) is 0 Å². The summed E-state index contributed by atoms with van der Waals surface area (Å²) in [6, 6.07) is 37.3. The number of hydrogen-bond acceptors (Lipinski definition) is 1. The quantitative estimate of drug-likeness (QED) is 0.161. The molecule has 0 amide bonds. The fourth-order valence-electron chi connectivity index (χ4n) is 6.44. The molecule has 0 fully saturated rings. The first-order valence-electron chi connectivity index (χ1n) is 15.7. The van der Waals surface area contributed by atoms with Gasteiger partial charge in [-0.1, -0.05) is 156 Å². The molecule has 4 rings (SSSR count). The summed E-state index contributed by atoms with van der Waals surface area (Å²) in [4.78, 5) is 0. The third-order valence-electron chi connectivity index (χ3n) is 8.52. The van der Waals surface area contributed by atoms with Gasteiger partial charge < -0.3 is 5.11 Å². The molecule has 0 aromatic heterocycles. The van der Waals surface area contributed by atoms with E-state index in [-0.39, 0.29) is 11.8 Å². The Morgan fingerprint density at radius 2 is 0.825 bits per heavy atom. The molecule has 0 aliphatic rings. The van der Waals surface area contributed by atoms with E-state index in [2.05, 4.69) is 118 Å². The minimum Gasteiger partial charge on any atom is -0.508 e. The predicted octanol–water partition coefficient (Wildman–Crippen LogP) is 11.4. The lowest BCUT2D eigenvalue weighted by molar-refractivity contribution is 0.457. The minimum atomic E-state index is 0.159. The van der Waals surface area contributed by atoms with Gasteiger partial charge in [0, 0.05) is 23.3 Å². The number of hydrogen-bond donors (Lipinski definition) is 1. The topological polar surface area (TPSA) is 20.2 Å². The fraction of sp³-hybridized carbons (Fsp3) is 0.385. The molecule has 0 saturated carbocycles. The molecule has 4 aromatic carbocycles. The Morgan fingerprint density at radius 1 is 0.450 bits per heavy atom. The summed E-state index contributed by atoms with van der Waals surface area (Å²) in [5, 5.41) is 11.8. The van der Waals surface area contributed by atoms with Crippen LogP contribution < -0.4 is 0 Å². The zero-order valence-corrected chi connectivity index (χ0v) is 24.9. The molecular formula is C39H48O. The average molecular weight is 533 g/mol. The van der Waals surface area contributed by atoms with Crippen LogP contribution >= 0.6 is 0 Å². The maximum Gasteiger partial charge on any atom is 0.119 e. The third kappa shape index (κ3) is 7.25. The Balaban J connectivity index is 2.04. The van der Waals surface area contributed by atoms with Gasteiger partial charge in [0.15, 0.2) is 0 Å². The summed E-state index contributed by atoms with van der Waals surface area (Å²) in [6.45, 7) is 6.84. The molecule has 4 aromatic rings. The van der Waals surface area contributed by atoms with Crippen molar-refractivity contribution in [1.29, 1.82) is 0 Å². The summed E-state index contributed by atoms with van der Waals surface area (Å²) in [5.41, 5.74) is 7.95. The lowest BCUT2D eigenvalue weighted by Crippen LogP contribution is -2.16. The van der Waals surface area contributed by atoms with Gasteiger partial charge in [0.05, 0.1) is 0 Å². The van der Waals surface area contributed by atoms with Crippen molar-refractivity contribution in [2.45, 2.75) is 96.3 Å². The van der Waals surface area contributed by atoms with Crippen LogP contribution in [-0.2, 0) is 0 Å². The van der Waals surface area contributed by atoms with Crippen LogP contribution in [0.1, 0.15) is 130 Å². The van der Waals surface area contributed by atoms with Gasteiger partial charge in [-0.25, -0.2) is 0 Å². The van der Waals surface area contributed by atoms with Crippen molar-refractivity contribution in [3.05, 3.63) is 137 Å². The van der Waals surface area contributed by atoms with Crippen LogP contribution in [0, 0.1) is 0 Å². The van der Waals surface area contributed by atoms with Crippen molar-refractivity contribution in [2.75, 3.05) is 0 Å². The molecule has 0 heterocycles. The SMILES string of the molecule is CCCCC(c1ccccc1)c1ccc(O)c(C(CCCC)c2ccccc2)c1C(CCCC)c1ccccc1. The molecule has 1 nitrogen and oxygen atoms in total. The first-order valence-corrected chi connectivity index (χ1v) is 15.7. The van der Waals surface area contributed by atoms with E-state index in [1.165, 1.54) is 40.7 Å². The van der Waals surface area contributed by atoms with Gasteiger partial charge in [0.25, 0.3) is 0 Å². The van der Waals surface area contributed by atoms with Crippen LogP contribution in [0.5, 0.6) is 5.75 Å². The van der Waals surface area contributed by atoms with Gasteiger partial charge in [-0.15, -0.1) is 0 Å². The molecule has 0 aliphatic heterocycles. The van der Waals surface area contributed by atoms with Crippen molar-refractivity contribution in [1.82, 2.24) is 0 Å². The van der Waals surface area contributed by atoms with E-state index in [0.29, 0.717) is 11.7 Å². The number of unbranched alkanes of at least 4 members (excludes halogenated alkanes) is 3. The highest BCUT2D eigenvalue weighted by Crippen LogP contribution is 2.48. The zero-order valence-electron chi connectivity index (χ0n) is 24.9. The first kappa shape index (κ1) is 29.7. The zero-order chi connectivity index (χ0) is 28.2. The van der Waals surface area contributed by atoms with Crippen molar-refractivity contribution in [2.24, 2.45) is 0 Å². The molecule has 0 bridgehead atoms. The third-order valence-corrected chi connectivity index (χ3v) is 8.52. The second-order valence-electron chi connectivity index (χ2n) is 11.3. The highest BCUT2D eigenvalue weighted by molar-refractivity contribution is 5.56. The number of rotatable bonds is 15. The van der Waals surface area contributed by atoms with Crippen molar-refractivity contribution in [3.8, 4) is 5.75 Å². The molecule has 1 N–H and O–H groups in total. The van der Waals surface area contributed by atoms with Gasteiger partial charge in [-0.3, -0.25) is 0 Å². The van der Waals surface area contributed by atoms with E-state index in [4.69, 9.17) is 0 Å². The van der Waals surface area contributed by atoms with Gasteiger partial charge in [-0.2, -0.15) is 0 Å². The van der Waals surface area contributed by atoms with Crippen LogP contribution in [0.2, 0.25) is 0 Å². The van der Waals surface area contributed by atoms with Crippen molar-refractivity contribution < 1.29 is 5.11 Å². The lowest BCUT2D eigenvalue weighted by Gasteiger charge is -2.32. The van der Waals surface area contributed by atoms with Crippen LogP contribution in [0.25, 0.3) is 0 Å². The second kappa shape index (κ2) is 15.5. The van der Waals surface area contributed by atoms with Gasteiger partial charge in [0.1, 0.15) is 5.75 Å². The van der Waals surface area contributed by atoms with E-state index in [0.717, 1.165) is 50.5 Å². The number of phenols is 1. The Labute approximate surface area is 243 Å². The second-order valence-corrected chi connectivity index (χ2v) is 11.3. The van der Waals surface area contributed by atoms with Gasteiger partial charge in [-0.05, 0) is 53.1 Å². The summed E-state index contributed by atoms with van der Waals surface area (Å²) in [5.74, 6) is 1.14. The molecule has 0 saturated heterocycles. The number of benzene rings is 4.